The molecule has 1 N–H and O–H groups in total. The normalized spacial score (nSPS) is 22.9. The summed E-state index contributed by atoms with van der Waals surface area (Å²) in [5.41, 5.74) is 2.16. The molecule has 164 valence electrons. The van der Waals surface area contributed by atoms with Crippen molar-refractivity contribution in [3.05, 3.63) is 83.9 Å². The van der Waals surface area contributed by atoms with Crippen molar-refractivity contribution in [3.63, 3.8) is 0 Å². The van der Waals surface area contributed by atoms with E-state index in [-0.39, 0.29) is 6.04 Å². The number of quaternary nitrogens is 1. The molecular weight excluding hydrogens is 402 g/mol. The number of esters is 1. The van der Waals surface area contributed by atoms with Crippen molar-refractivity contribution in [2.75, 3.05) is 26.7 Å². The van der Waals surface area contributed by atoms with Crippen LogP contribution in [0, 0.1) is 0 Å². The van der Waals surface area contributed by atoms with Crippen molar-refractivity contribution in [2.24, 2.45) is 0 Å². The third-order valence-corrected chi connectivity index (χ3v) is 7.21. The van der Waals surface area contributed by atoms with Crippen LogP contribution in [0.3, 0.4) is 0 Å². The van der Waals surface area contributed by atoms with Crippen LogP contribution in [0.5, 0.6) is 0 Å². The number of carbonyl (C=O) groups excluding carboxylic acids is 1. The summed E-state index contributed by atoms with van der Waals surface area (Å²) < 4.78 is 6.67. The van der Waals surface area contributed by atoms with Gasteiger partial charge in [0.05, 0.1) is 25.8 Å². The van der Waals surface area contributed by atoms with E-state index < -0.39 is 11.6 Å². The number of hydrogen-bond acceptors (Lipinski definition) is 5. The molecular formula is C26H28N3O3+. The number of aliphatic hydroxyl groups is 1. The summed E-state index contributed by atoms with van der Waals surface area (Å²) in [5.74, 6) is -0.595. The van der Waals surface area contributed by atoms with Crippen molar-refractivity contribution in [2.45, 2.75) is 30.9 Å². The van der Waals surface area contributed by atoms with Crippen molar-refractivity contribution in [1.82, 2.24) is 9.97 Å². The second-order valence-electron chi connectivity index (χ2n) is 9.07. The maximum atomic E-state index is 13.3. The van der Waals surface area contributed by atoms with E-state index >= 15 is 0 Å². The average molecular weight is 431 g/mol. The molecule has 0 bridgehead atoms. The molecule has 2 heterocycles. The lowest BCUT2D eigenvalue weighted by molar-refractivity contribution is -0.921. The fraction of sp³-hybridized carbons (Fsp3) is 0.346. The van der Waals surface area contributed by atoms with E-state index in [0.717, 1.165) is 53.7 Å². The van der Waals surface area contributed by atoms with Gasteiger partial charge in [-0.2, -0.15) is 0 Å². The quantitative estimate of drug-likeness (QED) is 0.481. The highest BCUT2D eigenvalue weighted by Gasteiger charge is 2.50. The number of rotatable bonds is 6. The minimum Gasteiger partial charge on any atom is -0.457 e. The average Bonchev–Trinajstić information content (AvgIpc) is 3.33. The van der Waals surface area contributed by atoms with Crippen molar-refractivity contribution in [3.8, 4) is 11.1 Å². The largest absolute Gasteiger partial charge is 0.457 e. The van der Waals surface area contributed by atoms with Gasteiger partial charge in [-0.15, -0.1) is 0 Å². The predicted molar refractivity (Wildman–Crippen MR) is 121 cm³/mol. The Morgan fingerprint density at radius 1 is 1.12 bits per heavy atom. The van der Waals surface area contributed by atoms with Gasteiger partial charge in [0.15, 0.2) is 0 Å². The Balaban J connectivity index is 1.32. The SMILES string of the molecule is C[N@+]1(CCc2cnccn2)CCCC1COC(=O)C1(O)c2ccccc2-c2ccccc21. The molecule has 32 heavy (non-hydrogen) atoms. The summed E-state index contributed by atoms with van der Waals surface area (Å²) in [6.07, 6.45) is 8.13. The Morgan fingerprint density at radius 3 is 2.47 bits per heavy atom. The molecule has 0 saturated carbocycles. The van der Waals surface area contributed by atoms with Gasteiger partial charge in [0, 0.05) is 49.0 Å². The molecule has 1 unspecified atom stereocenters. The molecule has 6 heteroatoms. The minimum absolute atomic E-state index is 0.200. The van der Waals surface area contributed by atoms with Gasteiger partial charge in [0.1, 0.15) is 12.6 Å². The number of likely N-dealkylation sites (N-methyl/N-ethyl adjacent to an activating group) is 1. The first-order valence-electron chi connectivity index (χ1n) is 11.2. The molecule has 0 radical (unpaired) electrons. The molecule has 5 rings (SSSR count). The van der Waals surface area contributed by atoms with Crippen LogP contribution in [0.15, 0.2) is 67.1 Å². The van der Waals surface area contributed by atoms with E-state index in [1.54, 1.807) is 12.4 Å². The molecule has 0 amide bonds. The minimum atomic E-state index is -1.77. The number of fused-ring (bicyclic) bond motifs is 3. The zero-order valence-corrected chi connectivity index (χ0v) is 18.3. The Bertz CT molecular complexity index is 1090. The van der Waals surface area contributed by atoms with Crippen LogP contribution in [-0.2, 0) is 21.6 Å². The first-order chi connectivity index (χ1) is 15.5. The Kier molecular flexibility index (Phi) is 5.27. The summed E-state index contributed by atoms with van der Waals surface area (Å²) in [6, 6.07) is 15.2. The summed E-state index contributed by atoms with van der Waals surface area (Å²) in [6.45, 7) is 2.25. The van der Waals surface area contributed by atoms with Crippen LogP contribution in [0.25, 0.3) is 11.1 Å². The van der Waals surface area contributed by atoms with Crippen LogP contribution in [-0.4, -0.2) is 58.3 Å². The highest BCUT2D eigenvalue weighted by atomic mass is 16.6. The van der Waals surface area contributed by atoms with Crippen molar-refractivity contribution in [1.29, 1.82) is 0 Å². The van der Waals surface area contributed by atoms with E-state index in [1.807, 2.05) is 54.7 Å². The summed E-state index contributed by atoms with van der Waals surface area (Å²) in [4.78, 5) is 21.9. The fourth-order valence-corrected chi connectivity index (χ4v) is 5.28. The lowest BCUT2D eigenvalue weighted by Gasteiger charge is -2.36. The van der Waals surface area contributed by atoms with Crippen LogP contribution >= 0.6 is 0 Å². The maximum Gasteiger partial charge on any atom is 0.347 e. The topological polar surface area (TPSA) is 72.3 Å². The molecule has 1 aliphatic carbocycles. The molecule has 0 spiro atoms. The van der Waals surface area contributed by atoms with Crippen LogP contribution in [0.1, 0.15) is 29.7 Å². The molecule has 3 aromatic rings. The summed E-state index contributed by atoms with van der Waals surface area (Å²) >= 11 is 0. The first-order valence-corrected chi connectivity index (χ1v) is 11.2. The third-order valence-electron chi connectivity index (χ3n) is 7.21. The predicted octanol–water partition coefficient (Wildman–Crippen LogP) is 3.09. The Hall–Kier alpha value is -3.09. The number of likely N-dealkylation sites (tertiary alicyclic amines) is 1. The van der Waals surface area contributed by atoms with E-state index in [1.165, 1.54) is 0 Å². The lowest BCUT2D eigenvalue weighted by Crippen LogP contribution is -2.52. The lowest BCUT2D eigenvalue weighted by atomic mass is 9.91. The zero-order valence-electron chi connectivity index (χ0n) is 18.3. The molecule has 1 aromatic heterocycles. The van der Waals surface area contributed by atoms with Gasteiger partial charge in [0.2, 0.25) is 5.60 Å². The second kappa shape index (κ2) is 8.11. The number of aromatic nitrogens is 2. The van der Waals surface area contributed by atoms with E-state index in [9.17, 15) is 9.90 Å². The van der Waals surface area contributed by atoms with E-state index in [2.05, 4.69) is 17.0 Å². The number of benzene rings is 2. The van der Waals surface area contributed by atoms with E-state index in [4.69, 9.17) is 4.74 Å². The fourth-order valence-electron chi connectivity index (χ4n) is 5.28. The summed E-state index contributed by atoms with van der Waals surface area (Å²) in [7, 11) is 2.22. The Morgan fingerprint density at radius 2 is 1.81 bits per heavy atom. The molecule has 1 aliphatic heterocycles. The monoisotopic (exact) mass is 430 g/mol. The van der Waals surface area contributed by atoms with Gasteiger partial charge in [-0.25, -0.2) is 4.79 Å². The maximum absolute atomic E-state index is 13.3. The highest BCUT2D eigenvalue weighted by molar-refractivity contribution is 5.96. The smallest absolute Gasteiger partial charge is 0.347 e. The van der Waals surface area contributed by atoms with E-state index in [0.29, 0.717) is 17.7 Å². The van der Waals surface area contributed by atoms with Gasteiger partial charge in [-0.1, -0.05) is 48.5 Å². The number of carbonyl (C=O) groups is 1. The van der Waals surface area contributed by atoms with Gasteiger partial charge in [-0.3, -0.25) is 9.97 Å². The Labute approximate surface area is 188 Å². The zero-order chi connectivity index (χ0) is 22.2. The molecule has 6 nitrogen and oxygen atoms in total. The highest BCUT2D eigenvalue weighted by Crippen LogP contribution is 2.48. The summed E-state index contributed by atoms with van der Waals surface area (Å²) in [5, 5.41) is 11.6. The van der Waals surface area contributed by atoms with Gasteiger partial charge < -0.3 is 14.3 Å². The molecule has 2 atom stereocenters. The number of hydrogen-bond donors (Lipinski definition) is 1. The standard InChI is InChI=1S/C26H28N3O3/c1-29(16-12-19-17-27-13-14-28-19)15-6-7-20(29)18-32-25(30)26(31)23-10-4-2-8-21(23)22-9-3-5-11-24(22)26/h2-5,8-11,13-14,17,20,31H,6-7,12,15-16,18H2,1H3/q+1/t20?,29-/m1/s1. The molecule has 2 aliphatic rings. The second-order valence-corrected chi connectivity index (χ2v) is 9.07. The molecule has 2 aromatic carbocycles. The van der Waals surface area contributed by atoms with Crippen LogP contribution < -0.4 is 0 Å². The first kappa shape index (κ1) is 20.8. The van der Waals surface area contributed by atoms with Crippen LogP contribution in [0.2, 0.25) is 0 Å². The van der Waals surface area contributed by atoms with Gasteiger partial charge >= 0.3 is 5.97 Å². The third kappa shape index (κ3) is 3.40. The number of ether oxygens (including phenoxy) is 1. The van der Waals surface area contributed by atoms with Gasteiger partial charge in [0.25, 0.3) is 0 Å². The van der Waals surface area contributed by atoms with Crippen molar-refractivity contribution >= 4 is 5.97 Å². The molecule has 1 saturated heterocycles. The van der Waals surface area contributed by atoms with Gasteiger partial charge in [-0.05, 0) is 11.1 Å². The molecule has 1 fully saturated rings. The van der Waals surface area contributed by atoms with Crippen molar-refractivity contribution < 1.29 is 19.1 Å². The van der Waals surface area contributed by atoms with Crippen LogP contribution in [0.4, 0.5) is 0 Å². The number of nitrogens with zero attached hydrogens (tertiary/aromatic N) is 3.